The number of hydrogen-bond acceptors (Lipinski definition) is 3. The molecule has 1 heterocycles. The zero-order valence-corrected chi connectivity index (χ0v) is 9.92. The van der Waals surface area contributed by atoms with E-state index in [1.165, 1.54) is 0 Å². The molecule has 1 atom stereocenters. The summed E-state index contributed by atoms with van der Waals surface area (Å²) in [6.45, 7) is 2.08. The van der Waals surface area contributed by atoms with Crippen molar-refractivity contribution < 1.29 is 8.42 Å². The van der Waals surface area contributed by atoms with Crippen molar-refractivity contribution >= 4 is 31.5 Å². The van der Waals surface area contributed by atoms with Gasteiger partial charge in [0.2, 0.25) is 0 Å². The van der Waals surface area contributed by atoms with Crippen LogP contribution in [-0.2, 0) is 15.5 Å². The Bertz CT molecular complexity index is 468. The normalized spacial score (nSPS) is 20.9. The molecule has 0 spiro atoms. The Kier molecular flexibility index (Phi) is 2.53. The highest BCUT2D eigenvalue weighted by atomic mass is 35.7. The summed E-state index contributed by atoms with van der Waals surface area (Å²) in [7, 11) is 1.76. The van der Waals surface area contributed by atoms with Crippen LogP contribution in [0.15, 0.2) is 28.0 Å². The van der Waals surface area contributed by atoms with E-state index in [1.807, 2.05) is 6.07 Å². The highest BCUT2D eigenvalue weighted by molar-refractivity contribution is 8.13. The minimum absolute atomic E-state index is 0.272. The smallest absolute Gasteiger partial charge is 0.207 e. The molecule has 0 radical (unpaired) electrons. The minimum atomic E-state index is -3.59. The Morgan fingerprint density at radius 1 is 1.50 bits per heavy atom. The molecule has 1 aromatic carbocycles. The van der Waals surface area contributed by atoms with Crippen molar-refractivity contribution in [2.75, 3.05) is 0 Å². The molecule has 0 fully saturated rings. The van der Waals surface area contributed by atoms with E-state index < -0.39 is 9.05 Å². The fourth-order valence-electron chi connectivity index (χ4n) is 1.63. The van der Waals surface area contributed by atoms with Crippen LogP contribution < -0.4 is 0 Å². The highest BCUT2D eigenvalue weighted by Gasteiger charge is 2.25. The van der Waals surface area contributed by atoms with Gasteiger partial charge in [-0.3, -0.25) is 0 Å². The standard InChI is InChI=1S/C9H9ClO2S2/c1-6-5-7-8(13-6)3-2-4-9(7)14(10,11)12/h2-4,6H,5H2,1H3. The van der Waals surface area contributed by atoms with Crippen LogP contribution in [-0.4, -0.2) is 13.7 Å². The van der Waals surface area contributed by atoms with Crippen molar-refractivity contribution in [3.05, 3.63) is 23.8 Å². The molecule has 0 saturated carbocycles. The maximum absolute atomic E-state index is 11.3. The van der Waals surface area contributed by atoms with Crippen LogP contribution in [0.2, 0.25) is 0 Å². The highest BCUT2D eigenvalue weighted by Crippen LogP contribution is 2.40. The number of thioether (sulfide) groups is 1. The number of rotatable bonds is 1. The Balaban J connectivity index is 2.62. The number of halogens is 1. The van der Waals surface area contributed by atoms with Crippen LogP contribution in [0.4, 0.5) is 0 Å². The molecule has 0 saturated heterocycles. The van der Waals surface area contributed by atoms with Crippen molar-refractivity contribution in [3.63, 3.8) is 0 Å². The Morgan fingerprint density at radius 3 is 2.86 bits per heavy atom. The lowest BCUT2D eigenvalue weighted by Crippen LogP contribution is -1.99. The van der Waals surface area contributed by atoms with Gasteiger partial charge in [-0.1, -0.05) is 13.0 Å². The van der Waals surface area contributed by atoms with E-state index in [2.05, 4.69) is 6.92 Å². The molecule has 1 aliphatic heterocycles. The lowest BCUT2D eigenvalue weighted by atomic mass is 10.1. The van der Waals surface area contributed by atoms with E-state index >= 15 is 0 Å². The second-order valence-electron chi connectivity index (χ2n) is 3.30. The van der Waals surface area contributed by atoms with Crippen molar-refractivity contribution in [2.24, 2.45) is 0 Å². The third-order valence-electron chi connectivity index (χ3n) is 2.17. The molecule has 5 heteroatoms. The molecule has 0 N–H and O–H groups in total. The first-order valence-corrected chi connectivity index (χ1v) is 7.40. The quantitative estimate of drug-likeness (QED) is 0.717. The maximum Gasteiger partial charge on any atom is 0.261 e. The number of hydrogen-bond donors (Lipinski definition) is 0. The van der Waals surface area contributed by atoms with Crippen molar-refractivity contribution in [1.29, 1.82) is 0 Å². The second-order valence-corrected chi connectivity index (χ2v) is 7.32. The fraction of sp³-hybridized carbons (Fsp3) is 0.333. The topological polar surface area (TPSA) is 34.1 Å². The summed E-state index contributed by atoms with van der Waals surface area (Å²) < 4.78 is 22.5. The van der Waals surface area contributed by atoms with Crippen molar-refractivity contribution in [2.45, 2.75) is 28.4 Å². The molecule has 2 nitrogen and oxygen atoms in total. The minimum Gasteiger partial charge on any atom is -0.207 e. The molecule has 14 heavy (non-hydrogen) atoms. The molecule has 1 aliphatic rings. The lowest BCUT2D eigenvalue weighted by molar-refractivity contribution is 0.608. The SMILES string of the molecule is CC1Cc2c(cccc2S(=O)(=O)Cl)S1. The Labute approximate surface area is 92.1 Å². The van der Waals surface area contributed by atoms with Crippen LogP contribution in [0.5, 0.6) is 0 Å². The molecular formula is C9H9ClO2S2. The van der Waals surface area contributed by atoms with E-state index in [4.69, 9.17) is 10.7 Å². The summed E-state index contributed by atoms with van der Waals surface area (Å²) in [5.74, 6) is 0. The first kappa shape index (κ1) is 10.3. The van der Waals surface area contributed by atoms with Gasteiger partial charge >= 0.3 is 0 Å². The lowest BCUT2D eigenvalue weighted by Gasteiger charge is -2.02. The van der Waals surface area contributed by atoms with Crippen molar-refractivity contribution in [1.82, 2.24) is 0 Å². The first-order chi connectivity index (χ1) is 6.48. The van der Waals surface area contributed by atoms with Gasteiger partial charge in [-0.05, 0) is 24.1 Å². The van der Waals surface area contributed by atoms with Gasteiger partial charge in [0.25, 0.3) is 9.05 Å². The van der Waals surface area contributed by atoms with Gasteiger partial charge in [0, 0.05) is 20.8 Å². The van der Waals surface area contributed by atoms with Gasteiger partial charge in [0.05, 0.1) is 4.90 Å². The van der Waals surface area contributed by atoms with Crippen LogP contribution in [0.3, 0.4) is 0 Å². The predicted octanol–water partition coefficient (Wildman–Crippen LogP) is 2.65. The monoisotopic (exact) mass is 248 g/mol. The van der Waals surface area contributed by atoms with Gasteiger partial charge in [-0.2, -0.15) is 0 Å². The Hall–Kier alpha value is -0.190. The third kappa shape index (κ3) is 1.78. The number of benzene rings is 1. The second kappa shape index (κ2) is 3.43. The average molecular weight is 249 g/mol. The summed E-state index contributed by atoms with van der Waals surface area (Å²) in [4.78, 5) is 1.31. The molecule has 0 aliphatic carbocycles. The predicted molar refractivity (Wildman–Crippen MR) is 58.5 cm³/mol. The summed E-state index contributed by atoms with van der Waals surface area (Å²) in [6.07, 6.45) is 0.780. The molecule has 0 aromatic heterocycles. The summed E-state index contributed by atoms with van der Waals surface area (Å²) in [6, 6.07) is 5.24. The summed E-state index contributed by atoms with van der Waals surface area (Å²) in [5.41, 5.74) is 0.875. The maximum atomic E-state index is 11.3. The van der Waals surface area contributed by atoms with Gasteiger partial charge in [0.15, 0.2) is 0 Å². The third-order valence-corrected chi connectivity index (χ3v) is 4.78. The molecule has 1 aromatic rings. The molecule has 76 valence electrons. The molecule has 0 amide bonds. The number of fused-ring (bicyclic) bond motifs is 1. The van der Waals surface area contributed by atoms with Gasteiger partial charge in [-0.25, -0.2) is 8.42 Å². The summed E-state index contributed by atoms with van der Waals surface area (Å²) in [5, 5.41) is 0.435. The molecule has 1 unspecified atom stereocenters. The average Bonchev–Trinajstić information content (AvgIpc) is 2.41. The van der Waals surface area contributed by atoms with Crippen LogP contribution in [0.1, 0.15) is 12.5 Å². The molecule has 2 rings (SSSR count). The van der Waals surface area contributed by atoms with E-state index in [0.717, 1.165) is 16.9 Å². The van der Waals surface area contributed by atoms with Gasteiger partial charge < -0.3 is 0 Å². The van der Waals surface area contributed by atoms with Crippen molar-refractivity contribution in [3.8, 4) is 0 Å². The van der Waals surface area contributed by atoms with Gasteiger partial charge in [-0.15, -0.1) is 11.8 Å². The van der Waals surface area contributed by atoms with Crippen LogP contribution in [0, 0.1) is 0 Å². The van der Waals surface area contributed by atoms with E-state index in [9.17, 15) is 8.42 Å². The zero-order chi connectivity index (χ0) is 10.3. The first-order valence-electron chi connectivity index (χ1n) is 4.21. The largest absolute Gasteiger partial charge is 0.261 e. The fourth-order valence-corrected chi connectivity index (χ4v) is 4.03. The van der Waals surface area contributed by atoms with E-state index in [0.29, 0.717) is 5.25 Å². The van der Waals surface area contributed by atoms with E-state index in [-0.39, 0.29) is 4.90 Å². The molecular weight excluding hydrogens is 240 g/mol. The van der Waals surface area contributed by atoms with Crippen LogP contribution in [0.25, 0.3) is 0 Å². The van der Waals surface area contributed by atoms with Gasteiger partial charge in [0.1, 0.15) is 0 Å². The Morgan fingerprint density at radius 2 is 2.21 bits per heavy atom. The summed E-state index contributed by atoms with van der Waals surface area (Å²) >= 11 is 1.70. The molecule has 0 bridgehead atoms. The van der Waals surface area contributed by atoms with Crippen LogP contribution >= 0.6 is 22.4 Å². The zero-order valence-electron chi connectivity index (χ0n) is 7.53. The van der Waals surface area contributed by atoms with E-state index in [1.54, 1.807) is 23.9 Å².